The van der Waals surface area contributed by atoms with Gasteiger partial charge in [-0.15, -0.1) is 11.3 Å². The molecule has 0 aliphatic carbocycles. The van der Waals surface area contributed by atoms with E-state index in [2.05, 4.69) is 11.1 Å². The zero-order chi connectivity index (χ0) is 25.3. The first kappa shape index (κ1) is 23.9. The number of aliphatic imine (C=N–C) groups is 1. The standard InChI is InChI=1S/C27H23N3O4S/c1-5-34-27(33)23-17(4)21(13-28)24(35-23)29-14-22-19-8-6-7-9-20(19)25(31)30(26(22)32)18-11-10-15(2)16(3)12-18/h6-12,14,32H,5H2,1-4H3. The molecule has 0 saturated heterocycles. The van der Waals surface area contributed by atoms with Gasteiger partial charge in [0.25, 0.3) is 5.56 Å². The van der Waals surface area contributed by atoms with Crippen molar-refractivity contribution < 1.29 is 14.6 Å². The largest absolute Gasteiger partial charge is 0.494 e. The normalized spacial score (nSPS) is 11.2. The fourth-order valence-electron chi connectivity index (χ4n) is 3.83. The number of nitriles is 1. The molecular formula is C27H23N3O4S. The molecule has 0 spiro atoms. The number of nitrogens with zero attached hydrogens (tertiary/aromatic N) is 3. The third kappa shape index (κ3) is 4.22. The van der Waals surface area contributed by atoms with Crippen LogP contribution in [0.3, 0.4) is 0 Å². The Hall–Kier alpha value is -4.22. The van der Waals surface area contributed by atoms with E-state index in [1.165, 1.54) is 10.8 Å². The van der Waals surface area contributed by atoms with Gasteiger partial charge in [0.15, 0.2) is 0 Å². The SMILES string of the molecule is CCOC(=O)c1sc(N=Cc2c(O)n(-c3ccc(C)c(C)c3)c(=O)c3ccccc23)c(C#N)c1C. The van der Waals surface area contributed by atoms with Crippen LogP contribution in [0.4, 0.5) is 5.00 Å². The number of esters is 1. The molecule has 0 aliphatic rings. The fraction of sp³-hybridized carbons (Fsp3) is 0.185. The summed E-state index contributed by atoms with van der Waals surface area (Å²) in [5.74, 6) is -0.775. The smallest absolute Gasteiger partial charge is 0.348 e. The topological polar surface area (TPSA) is 105 Å². The summed E-state index contributed by atoms with van der Waals surface area (Å²) in [5.41, 5.74) is 3.32. The first-order valence-electron chi connectivity index (χ1n) is 11.0. The van der Waals surface area contributed by atoms with Crippen molar-refractivity contribution in [2.75, 3.05) is 6.61 Å². The molecule has 4 rings (SSSR count). The van der Waals surface area contributed by atoms with Crippen LogP contribution < -0.4 is 5.56 Å². The molecule has 0 atom stereocenters. The number of aromatic hydroxyl groups is 1. The highest BCUT2D eigenvalue weighted by Crippen LogP contribution is 2.36. The average Bonchev–Trinajstić information content (AvgIpc) is 3.16. The van der Waals surface area contributed by atoms with Crippen LogP contribution in [0.5, 0.6) is 5.88 Å². The lowest BCUT2D eigenvalue weighted by atomic mass is 10.1. The third-order valence-electron chi connectivity index (χ3n) is 5.86. The quantitative estimate of drug-likeness (QED) is 0.298. The van der Waals surface area contributed by atoms with Crippen LogP contribution in [-0.2, 0) is 4.74 Å². The second-order valence-electron chi connectivity index (χ2n) is 8.02. The van der Waals surface area contributed by atoms with Crippen LogP contribution in [0.15, 0.2) is 52.3 Å². The molecule has 2 aromatic carbocycles. The number of thiophene rings is 1. The van der Waals surface area contributed by atoms with Gasteiger partial charge in [-0.1, -0.05) is 24.3 Å². The van der Waals surface area contributed by atoms with Crippen LogP contribution >= 0.6 is 11.3 Å². The van der Waals surface area contributed by atoms with Crippen molar-refractivity contribution in [1.29, 1.82) is 5.26 Å². The zero-order valence-electron chi connectivity index (χ0n) is 19.7. The average molecular weight is 486 g/mol. The minimum absolute atomic E-state index is 0.219. The summed E-state index contributed by atoms with van der Waals surface area (Å²) < 4.78 is 6.34. The lowest BCUT2D eigenvalue weighted by Gasteiger charge is -2.14. The molecule has 176 valence electrons. The molecule has 4 aromatic rings. The van der Waals surface area contributed by atoms with Gasteiger partial charge >= 0.3 is 5.97 Å². The molecule has 7 nitrogen and oxygen atoms in total. The van der Waals surface area contributed by atoms with E-state index in [1.807, 2.05) is 26.0 Å². The summed E-state index contributed by atoms with van der Waals surface area (Å²) in [6.07, 6.45) is 1.43. The van der Waals surface area contributed by atoms with Crippen molar-refractivity contribution in [2.45, 2.75) is 27.7 Å². The van der Waals surface area contributed by atoms with E-state index < -0.39 is 5.97 Å². The van der Waals surface area contributed by atoms with Crippen molar-refractivity contribution in [3.05, 3.63) is 85.5 Å². The molecular weight excluding hydrogens is 462 g/mol. The Morgan fingerprint density at radius 1 is 1.17 bits per heavy atom. The minimum Gasteiger partial charge on any atom is -0.494 e. The molecule has 0 unspecified atom stereocenters. The van der Waals surface area contributed by atoms with Crippen molar-refractivity contribution in [2.24, 2.45) is 4.99 Å². The Bertz CT molecular complexity index is 1610. The van der Waals surface area contributed by atoms with Gasteiger partial charge in [-0.3, -0.25) is 4.79 Å². The zero-order valence-corrected chi connectivity index (χ0v) is 20.6. The highest BCUT2D eigenvalue weighted by molar-refractivity contribution is 7.18. The molecule has 0 fully saturated rings. The van der Waals surface area contributed by atoms with Gasteiger partial charge in [0.2, 0.25) is 5.88 Å². The first-order valence-corrected chi connectivity index (χ1v) is 11.8. The number of carbonyl (C=O) groups is 1. The van der Waals surface area contributed by atoms with E-state index in [4.69, 9.17) is 4.74 Å². The van der Waals surface area contributed by atoms with Gasteiger partial charge in [-0.25, -0.2) is 14.4 Å². The number of fused-ring (bicyclic) bond motifs is 1. The summed E-state index contributed by atoms with van der Waals surface area (Å²) in [5, 5.41) is 22.2. The van der Waals surface area contributed by atoms with Crippen LogP contribution in [0.2, 0.25) is 0 Å². The molecule has 0 aliphatic heterocycles. The highest BCUT2D eigenvalue weighted by atomic mass is 32.1. The van der Waals surface area contributed by atoms with Gasteiger partial charge < -0.3 is 9.84 Å². The number of rotatable bonds is 5. The molecule has 2 heterocycles. The number of carbonyl (C=O) groups excluding carboxylic acids is 1. The maximum absolute atomic E-state index is 13.3. The van der Waals surface area contributed by atoms with Crippen LogP contribution in [0.25, 0.3) is 16.5 Å². The van der Waals surface area contributed by atoms with E-state index in [-0.39, 0.29) is 23.6 Å². The van der Waals surface area contributed by atoms with Crippen molar-refractivity contribution in [1.82, 2.24) is 4.57 Å². The summed E-state index contributed by atoms with van der Waals surface area (Å²) in [6.45, 7) is 7.52. The van der Waals surface area contributed by atoms with Crippen LogP contribution in [0, 0.1) is 32.1 Å². The predicted molar refractivity (Wildman–Crippen MR) is 138 cm³/mol. The Morgan fingerprint density at radius 2 is 1.89 bits per heavy atom. The van der Waals surface area contributed by atoms with Gasteiger partial charge in [0, 0.05) is 17.0 Å². The molecule has 35 heavy (non-hydrogen) atoms. The fourth-order valence-corrected chi connectivity index (χ4v) is 4.83. The van der Waals surface area contributed by atoms with Crippen molar-refractivity contribution in [3.63, 3.8) is 0 Å². The Morgan fingerprint density at radius 3 is 2.54 bits per heavy atom. The van der Waals surface area contributed by atoms with E-state index in [9.17, 15) is 20.0 Å². The number of pyridine rings is 1. The number of hydrogen-bond acceptors (Lipinski definition) is 7. The van der Waals surface area contributed by atoms with E-state index in [1.54, 1.807) is 44.2 Å². The predicted octanol–water partition coefficient (Wildman–Crippen LogP) is 5.48. The van der Waals surface area contributed by atoms with E-state index in [0.29, 0.717) is 37.5 Å². The van der Waals surface area contributed by atoms with Gasteiger partial charge in [-0.05, 0) is 62.6 Å². The molecule has 8 heteroatoms. The van der Waals surface area contributed by atoms with E-state index in [0.717, 1.165) is 22.5 Å². The number of hydrogen-bond donors (Lipinski definition) is 1. The molecule has 0 amide bonds. The molecule has 0 bridgehead atoms. The summed E-state index contributed by atoms with van der Waals surface area (Å²) in [4.78, 5) is 30.4. The maximum atomic E-state index is 13.3. The monoisotopic (exact) mass is 485 g/mol. The molecule has 0 saturated carbocycles. The van der Waals surface area contributed by atoms with Crippen LogP contribution in [-0.4, -0.2) is 28.5 Å². The third-order valence-corrected chi connectivity index (χ3v) is 7.04. The second kappa shape index (κ2) is 9.57. The van der Waals surface area contributed by atoms with Gasteiger partial charge in [0.05, 0.1) is 23.4 Å². The number of ether oxygens (including phenoxy) is 1. The summed E-state index contributed by atoms with van der Waals surface area (Å²) in [6, 6.07) is 14.6. The van der Waals surface area contributed by atoms with Crippen molar-refractivity contribution in [3.8, 4) is 17.6 Å². The minimum atomic E-state index is -0.510. The van der Waals surface area contributed by atoms with Gasteiger partial charge in [-0.2, -0.15) is 5.26 Å². The summed E-state index contributed by atoms with van der Waals surface area (Å²) in [7, 11) is 0. The summed E-state index contributed by atoms with van der Waals surface area (Å²) >= 11 is 1.05. The molecule has 0 radical (unpaired) electrons. The van der Waals surface area contributed by atoms with Crippen LogP contribution in [0.1, 0.15) is 44.4 Å². The highest BCUT2D eigenvalue weighted by Gasteiger charge is 2.21. The Kier molecular flexibility index (Phi) is 6.54. The second-order valence-corrected chi connectivity index (χ2v) is 9.02. The Balaban J connectivity index is 1.93. The number of aryl methyl sites for hydroxylation is 2. The van der Waals surface area contributed by atoms with Crippen molar-refractivity contribution >= 4 is 39.3 Å². The lowest BCUT2D eigenvalue weighted by Crippen LogP contribution is -2.20. The number of aromatic nitrogens is 1. The molecule has 2 aromatic heterocycles. The first-order chi connectivity index (χ1) is 16.8. The Labute approximate surface area is 206 Å². The van der Waals surface area contributed by atoms with Gasteiger partial charge in [0.1, 0.15) is 15.9 Å². The maximum Gasteiger partial charge on any atom is 0.348 e. The number of benzene rings is 2. The molecule has 1 N–H and O–H groups in total. The lowest BCUT2D eigenvalue weighted by molar-refractivity contribution is 0.0531. The van der Waals surface area contributed by atoms with E-state index >= 15 is 0 Å².